The predicted octanol–water partition coefficient (Wildman–Crippen LogP) is 3.73. The van der Waals surface area contributed by atoms with E-state index in [0.717, 1.165) is 38.5 Å². The van der Waals surface area contributed by atoms with Crippen LogP contribution in [0.5, 0.6) is 5.75 Å². The van der Waals surface area contributed by atoms with Crippen LogP contribution >= 0.6 is 0 Å². The normalized spacial score (nSPS) is 20.2. The summed E-state index contributed by atoms with van der Waals surface area (Å²) in [6.45, 7) is 2.07. The van der Waals surface area contributed by atoms with Gasteiger partial charge in [-0.1, -0.05) is 0 Å². The third-order valence-electron chi connectivity index (χ3n) is 6.55. The third-order valence-corrected chi connectivity index (χ3v) is 6.55. The molecule has 5 rings (SSSR count). The van der Waals surface area contributed by atoms with Crippen molar-refractivity contribution < 1.29 is 18.7 Å². The molecule has 3 aromatic rings. The second-order valence-corrected chi connectivity index (χ2v) is 9.27. The van der Waals surface area contributed by atoms with Crippen LogP contribution in [0.2, 0.25) is 0 Å². The molecule has 2 fully saturated rings. The minimum Gasteiger partial charge on any atom is -0.492 e. The van der Waals surface area contributed by atoms with Gasteiger partial charge in [0.1, 0.15) is 29.1 Å². The lowest BCUT2D eigenvalue weighted by Crippen LogP contribution is -2.43. The molecule has 178 valence electrons. The van der Waals surface area contributed by atoms with Crippen LogP contribution in [0.15, 0.2) is 30.7 Å². The molecule has 0 radical (unpaired) electrons. The van der Waals surface area contributed by atoms with Crippen LogP contribution in [0.25, 0.3) is 22.3 Å². The molecule has 0 atom stereocenters. The molecular formula is C25H28FN5O3. The highest BCUT2D eigenvalue weighted by molar-refractivity contribution is 6.07. The van der Waals surface area contributed by atoms with E-state index in [1.165, 1.54) is 25.4 Å². The van der Waals surface area contributed by atoms with E-state index in [1.54, 1.807) is 12.3 Å². The molecule has 1 aromatic carbocycles. The van der Waals surface area contributed by atoms with Crippen LogP contribution in [-0.4, -0.2) is 45.5 Å². The number of rotatable bonds is 7. The van der Waals surface area contributed by atoms with Gasteiger partial charge in [0.15, 0.2) is 0 Å². The average molecular weight is 466 g/mol. The fourth-order valence-corrected chi connectivity index (χ4v) is 4.55. The summed E-state index contributed by atoms with van der Waals surface area (Å²) in [6.07, 6.45) is 8.58. The Labute approximate surface area is 196 Å². The second kappa shape index (κ2) is 9.40. The van der Waals surface area contributed by atoms with Crippen molar-refractivity contribution in [2.45, 2.75) is 57.5 Å². The van der Waals surface area contributed by atoms with E-state index in [9.17, 15) is 14.0 Å². The van der Waals surface area contributed by atoms with E-state index in [1.807, 2.05) is 0 Å². The molecule has 0 spiro atoms. The van der Waals surface area contributed by atoms with Gasteiger partial charge >= 0.3 is 0 Å². The lowest BCUT2D eigenvalue weighted by molar-refractivity contribution is -0.119. The Kier molecular flexibility index (Phi) is 6.17. The molecule has 0 aliphatic heterocycles. The Morgan fingerprint density at radius 2 is 1.82 bits per heavy atom. The summed E-state index contributed by atoms with van der Waals surface area (Å²) in [7, 11) is 0. The van der Waals surface area contributed by atoms with Crippen molar-refractivity contribution in [1.82, 2.24) is 25.6 Å². The number of benzene rings is 1. The molecular weight excluding hydrogens is 437 g/mol. The molecule has 2 aliphatic rings. The smallest absolute Gasteiger partial charge is 0.255 e. The zero-order valence-corrected chi connectivity index (χ0v) is 19.1. The Morgan fingerprint density at radius 1 is 1.09 bits per heavy atom. The zero-order valence-electron chi connectivity index (χ0n) is 19.1. The van der Waals surface area contributed by atoms with Crippen molar-refractivity contribution >= 4 is 22.8 Å². The molecule has 2 aliphatic carbocycles. The van der Waals surface area contributed by atoms with E-state index in [-0.39, 0.29) is 29.7 Å². The molecule has 34 heavy (non-hydrogen) atoms. The maximum atomic E-state index is 13.9. The van der Waals surface area contributed by atoms with Crippen molar-refractivity contribution in [1.29, 1.82) is 0 Å². The highest BCUT2D eigenvalue weighted by Gasteiger charge is 2.26. The van der Waals surface area contributed by atoms with Crippen LogP contribution in [0.4, 0.5) is 4.39 Å². The fourth-order valence-electron chi connectivity index (χ4n) is 4.55. The minimum atomic E-state index is -0.375. The van der Waals surface area contributed by atoms with Crippen molar-refractivity contribution in [2.24, 2.45) is 5.92 Å². The molecule has 2 aromatic heterocycles. The van der Waals surface area contributed by atoms with Gasteiger partial charge in [-0.2, -0.15) is 0 Å². The number of hydrogen-bond acceptors (Lipinski definition) is 5. The quantitative estimate of drug-likeness (QED) is 0.493. The van der Waals surface area contributed by atoms with Gasteiger partial charge in [0.25, 0.3) is 5.91 Å². The number of aromatic nitrogens is 3. The molecule has 2 amide bonds. The number of carbonyl (C=O) groups is 2. The van der Waals surface area contributed by atoms with Gasteiger partial charge in [-0.3, -0.25) is 9.59 Å². The summed E-state index contributed by atoms with van der Waals surface area (Å²) >= 11 is 0. The van der Waals surface area contributed by atoms with E-state index in [0.29, 0.717) is 46.1 Å². The fraction of sp³-hybridized carbons (Fsp3) is 0.440. The monoisotopic (exact) mass is 465 g/mol. The number of nitrogens with zero attached hydrogens (tertiary/aromatic N) is 2. The number of ether oxygens (including phenoxy) is 1. The van der Waals surface area contributed by atoms with Crippen LogP contribution in [0, 0.1) is 11.7 Å². The maximum Gasteiger partial charge on any atom is 0.255 e. The zero-order chi connectivity index (χ0) is 23.7. The van der Waals surface area contributed by atoms with E-state index >= 15 is 0 Å². The topological polar surface area (TPSA) is 109 Å². The summed E-state index contributed by atoms with van der Waals surface area (Å²) in [4.78, 5) is 36.2. The summed E-state index contributed by atoms with van der Waals surface area (Å²) in [5, 5.41) is 6.05. The number of carbonyl (C=O) groups excluding carboxylic acids is 2. The minimum absolute atomic E-state index is 0.0241. The van der Waals surface area contributed by atoms with Gasteiger partial charge in [0.2, 0.25) is 5.91 Å². The molecule has 9 heteroatoms. The molecule has 2 saturated carbocycles. The Hall–Kier alpha value is -3.49. The molecule has 8 nitrogen and oxygen atoms in total. The average Bonchev–Trinajstić information content (AvgIpc) is 3.54. The Balaban J connectivity index is 1.35. The number of amides is 2. The molecule has 0 bridgehead atoms. The van der Waals surface area contributed by atoms with Crippen LogP contribution < -0.4 is 15.4 Å². The van der Waals surface area contributed by atoms with Crippen LogP contribution in [0.1, 0.15) is 55.8 Å². The van der Waals surface area contributed by atoms with Gasteiger partial charge < -0.3 is 20.4 Å². The summed E-state index contributed by atoms with van der Waals surface area (Å²) in [6, 6.07) is 4.61. The maximum absolute atomic E-state index is 13.9. The number of halogens is 1. The van der Waals surface area contributed by atoms with Gasteiger partial charge in [-0.25, -0.2) is 14.4 Å². The van der Waals surface area contributed by atoms with Gasteiger partial charge in [0, 0.05) is 36.8 Å². The van der Waals surface area contributed by atoms with Crippen LogP contribution in [-0.2, 0) is 4.79 Å². The lowest BCUT2D eigenvalue weighted by atomic mass is 9.91. The summed E-state index contributed by atoms with van der Waals surface area (Å²) < 4.78 is 19.9. The highest BCUT2D eigenvalue weighted by Crippen LogP contribution is 2.36. The SMILES string of the molecule is CC(=O)NC1CCC(NC(=O)c2c[nH]c3c(-c4ccc(F)cc4OCC4CC4)ncnc23)CC1. The van der Waals surface area contributed by atoms with Gasteiger partial charge in [-0.05, 0) is 56.6 Å². The largest absolute Gasteiger partial charge is 0.492 e. The van der Waals surface area contributed by atoms with E-state index in [2.05, 4.69) is 25.6 Å². The lowest BCUT2D eigenvalue weighted by Gasteiger charge is -2.29. The van der Waals surface area contributed by atoms with Gasteiger partial charge in [-0.15, -0.1) is 0 Å². The third kappa shape index (κ3) is 4.88. The number of H-pyrrole nitrogens is 1. The van der Waals surface area contributed by atoms with Gasteiger partial charge in [0.05, 0.1) is 17.7 Å². The predicted molar refractivity (Wildman–Crippen MR) is 125 cm³/mol. The molecule has 2 heterocycles. The first-order chi connectivity index (χ1) is 16.5. The Bertz CT molecular complexity index is 1210. The highest BCUT2D eigenvalue weighted by atomic mass is 19.1. The number of aromatic amines is 1. The summed E-state index contributed by atoms with van der Waals surface area (Å²) in [5.41, 5.74) is 2.76. The van der Waals surface area contributed by atoms with Crippen molar-refractivity contribution in [3.05, 3.63) is 42.1 Å². The van der Waals surface area contributed by atoms with Crippen molar-refractivity contribution in [3.63, 3.8) is 0 Å². The van der Waals surface area contributed by atoms with Crippen molar-refractivity contribution in [2.75, 3.05) is 6.61 Å². The van der Waals surface area contributed by atoms with E-state index < -0.39 is 0 Å². The number of nitrogens with one attached hydrogen (secondary N) is 3. The number of fused-ring (bicyclic) bond motifs is 1. The molecule has 3 N–H and O–H groups in total. The first-order valence-electron chi connectivity index (χ1n) is 11.8. The second-order valence-electron chi connectivity index (χ2n) is 9.27. The van der Waals surface area contributed by atoms with Crippen LogP contribution in [0.3, 0.4) is 0 Å². The molecule has 0 unspecified atom stereocenters. The van der Waals surface area contributed by atoms with Crippen molar-refractivity contribution in [3.8, 4) is 17.0 Å². The van der Waals surface area contributed by atoms with E-state index in [4.69, 9.17) is 4.74 Å². The standard InChI is InChI=1S/C25H28FN5O3/c1-14(32)30-17-5-7-18(8-6-17)31-25(33)20-11-27-24-22(28-13-29-23(20)24)19-9-4-16(26)10-21(19)34-12-15-2-3-15/h4,9-11,13,15,17-18,27H,2-3,5-8,12H2,1H3,(H,30,32)(H,31,33). The first-order valence-corrected chi connectivity index (χ1v) is 11.8. The summed E-state index contributed by atoms with van der Waals surface area (Å²) in [5.74, 6) is 0.353. The number of hydrogen-bond donors (Lipinski definition) is 3. The Morgan fingerprint density at radius 3 is 2.53 bits per heavy atom. The molecule has 0 saturated heterocycles. The first kappa shape index (κ1) is 22.3.